The summed E-state index contributed by atoms with van der Waals surface area (Å²) in [6.45, 7) is 4.04. The van der Waals surface area contributed by atoms with Gasteiger partial charge in [0.1, 0.15) is 11.4 Å². The molecule has 0 aliphatic carbocycles. The number of anilines is 1. The summed E-state index contributed by atoms with van der Waals surface area (Å²) >= 11 is 0. The summed E-state index contributed by atoms with van der Waals surface area (Å²) in [7, 11) is 1.63. The molecule has 3 aromatic rings. The first-order valence-corrected chi connectivity index (χ1v) is 9.72. The molecule has 0 spiro atoms. The van der Waals surface area contributed by atoms with Gasteiger partial charge in [0, 0.05) is 37.0 Å². The van der Waals surface area contributed by atoms with Crippen LogP contribution in [0.1, 0.15) is 11.3 Å². The highest BCUT2D eigenvalue weighted by Gasteiger charge is 2.27. The zero-order valence-electron chi connectivity index (χ0n) is 16.5. The number of carbonyl (C=O) groups is 1. The largest absolute Gasteiger partial charge is 0.496 e. The Bertz CT molecular complexity index is 1150. The number of hydrogen-bond donors (Lipinski definition) is 1. The smallest absolute Gasteiger partial charge is 0.276 e. The second-order valence-electron chi connectivity index (χ2n) is 7.14. The lowest BCUT2D eigenvalue weighted by Crippen LogP contribution is -2.35. The van der Waals surface area contributed by atoms with E-state index in [4.69, 9.17) is 9.47 Å². The van der Waals surface area contributed by atoms with Crippen LogP contribution in [0.25, 0.3) is 10.9 Å². The third-order valence-electron chi connectivity index (χ3n) is 5.27. The maximum Gasteiger partial charge on any atom is 0.276 e. The quantitative estimate of drug-likeness (QED) is 0.693. The molecule has 1 fully saturated rings. The fraction of sp³-hybridized carbons (Fsp3) is 0.286. The Morgan fingerprint density at radius 2 is 2.07 bits per heavy atom. The molecule has 0 unspecified atom stereocenters. The summed E-state index contributed by atoms with van der Waals surface area (Å²) in [5.74, 6) is 0.373. The summed E-state index contributed by atoms with van der Waals surface area (Å²) in [6.07, 6.45) is 0. The molecule has 0 atom stereocenters. The van der Waals surface area contributed by atoms with Crippen molar-refractivity contribution in [2.45, 2.75) is 6.54 Å². The first kappa shape index (κ1) is 18.6. The number of methoxy groups -OCH3 is 1. The van der Waals surface area contributed by atoms with E-state index in [2.05, 4.69) is 30.6 Å². The topological polar surface area (TPSA) is 102 Å². The minimum Gasteiger partial charge on any atom is -0.496 e. The summed E-state index contributed by atoms with van der Waals surface area (Å²) in [6, 6.07) is 11.2. The van der Waals surface area contributed by atoms with Crippen LogP contribution in [0, 0.1) is 0 Å². The number of amides is 1. The molecule has 2 aliphatic rings. The Morgan fingerprint density at radius 3 is 2.90 bits per heavy atom. The molecule has 5 rings (SSSR count). The highest BCUT2D eigenvalue weighted by Crippen LogP contribution is 2.33. The number of aliphatic imine (C=N–C) groups is 1. The molecule has 9 nitrogen and oxygen atoms in total. The second kappa shape index (κ2) is 7.77. The molecule has 152 valence electrons. The van der Waals surface area contributed by atoms with Gasteiger partial charge in [-0.05, 0) is 23.4 Å². The molecule has 2 aromatic carbocycles. The van der Waals surface area contributed by atoms with Crippen molar-refractivity contribution in [2.75, 3.05) is 38.7 Å². The number of nitrogens with zero attached hydrogens (tertiary/aromatic N) is 5. The minimum atomic E-state index is -0.351. The maximum atomic E-state index is 12.9. The van der Waals surface area contributed by atoms with Crippen LogP contribution in [0.3, 0.4) is 0 Å². The van der Waals surface area contributed by atoms with Crippen molar-refractivity contribution in [3.05, 3.63) is 47.7 Å². The van der Waals surface area contributed by atoms with E-state index in [-0.39, 0.29) is 11.6 Å². The van der Waals surface area contributed by atoms with Crippen LogP contribution in [-0.2, 0) is 16.1 Å². The zero-order valence-corrected chi connectivity index (χ0v) is 16.5. The Balaban J connectivity index is 1.36. The molecule has 1 aromatic heterocycles. The number of aromatic nitrogens is 3. The van der Waals surface area contributed by atoms with E-state index in [9.17, 15) is 4.79 Å². The van der Waals surface area contributed by atoms with Gasteiger partial charge in [0.15, 0.2) is 5.71 Å². The van der Waals surface area contributed by atoms with E-state index < -0.39 is 0 Å². The van der Waals surface area contributed by atoms with Crippen LogP contribution < -0.4 is 10.1 Å². The highest BCUT2D eigenvalue weighted by atomic mass is 16.5. The monoisotopic (exact) mass is 404 g/mol. The molecule has 0 bridgehead atoms. The van der Waals surface area contributed by atoms with E-state index >= 15 is 0 Å². The average Bonchev–Trinajstić information content (AvgIpc) is 3.16. The van der Waals surface area contributed by atoms with E-state index in [1.54, 1.807) is 7.11 Å². The number of benzene rings is 2. The third-order valence-corrected chi connectivity index (χ3v) is 5.27. The maximum absolute atomic E-state index is 12.9. The predicted octanol–water partition coefficient (Wildman–Crippen LogP) is 1.94. The van der Waals surface area contributed by atoms with Crippen molar-refractivity contribution >= 4 is 33.9 Å². The number of hydrogen-bond acceptors (Lipinski definition) is 8. The Kier molecular flexibility index (Phi) is 4.82. The summed E-state index contributed by atoms with van der Waals surface area (Å²) < 4.78 is 11.0. The molecule has 1 N–H and O–H groups in total. The van der Waals surface area contributed by atoms with Gasteiger partial charge in [-0.3, -0.25) is 9.69 Å². The Hall–Kier alpha value is -3.43. The van der Waals surface area contributed by atoms with Crippen LogP contribution in [0.4, 0.5) is 11.4 Å². The van der Waals surface area contributed by atoms with Gasteiger partial charge in [0.2, 0.25) is 0 Å². The molecule has 0 saturated carbocycles. The van der Waals surface area contributed by atoms with Crippen molar-refractivity contribution in [1.82, 2.24) is 20.3 Å². The first-order chi connectivity index (χ1) is 14.7. The van der Waals surface area contributed by atoms with Crippen molar-refractivity contribution in [2.24, 2.45) is 4.99 Å². The lowest BCUT2D eigenvalue weighted by molar-refractivity contribution is -0.110. The van der Waals surface area contributed by atoms with Gasteiger partial charge < -0.3 is 14.8 Å². The lowest BCUT2D eigenvalue weighted by atomic mass is 10.1. The van der Waals surface area contributed by atoms with Crippen molar-refractivity contribution in [1.29, 1.82) is 0 Å². The van der Waals surface area contributed by atoms with Crippen LogP contribution in [0.5, 0.6) is 5.75 Å². The molecule has 1 saturated heterocycles. The molecule has 2 aliphatic heterocycles. The summed E-state index contributed by atoms with van der Waals surface area (Å²) in [5.41, 5.74) is 3.70. The molecule has 30 heavy (non-hydrogen) atoms. The number of carbonyl (C=O) groups excluding carboxylic acids is 1. The minimum absolute atomic E-state index is 0.229. The number of morpholine rings is 1. The second-order valence-corrected chi connectivity index (χ2v) is 7.14. The van der Waals surface area contributed by atoms with Crippen LogP contribution in [0.15, 0.2) is 41.4 Å². The molecule has 9 heteroatoms. The van der Waals surface area contributed by atoms with E-state index in [0.29, 0.717) is 22.6 Å². The van der Waals surface area contributed by atoms with Gasteiger partial charge in [-0.15, -0.1) is 10.2 Å². The zero-order chi connectivity index (χ0) is 20.5. The normalized spacial score (nSPS) is 15.8. The Labute approximate surface area is 172 Å². The van der Waals surface area contributed by atoms with Crippen LogP contribution in [-0.4, -0.2) is 65.3 Å². The summed E-state index contributed by atoms with van der Waals surface area (Å²) in [4.78, 5) is 19.7. The van der Waals surface area contributed by atoms with Crippen molar-refractivity contribution in [3.8, 4) is 5.75 Å². The van der Waals surface area contributed by atoms with Crippen LogP contribution >= 0.6 is 0 Å². The van der Waals surface area contributed by atoms with E-state index in [1.807, 2.05) is 36.4 Å². The summed E-state index contributed by atoms with van der Waals surface area (Å²) in [5, 5.41) is 15.4. The Morgan fingerprint density at radius 1 is 1.20 bits per heavy atom. The molecule has 0 radical (unpaired) electrons. The van der Waals surface area contributed by atoms with Gasteiger partial charge >= 0.3 is 0 Å². The van der Waals surface area contributed by atoms with Crippen LogP contribution in [0.2, 0.25) is 0 Å². The SMILES string of the molecule is COc1cc(NC(=O)C2=Nc3cccc4nnnc2c34)ccc1CN1CCOCC1. The highest BCUT2D eigenvalue weighted by molar-refractivity contribution is 6.52. The lowest BCUT2D eigenvalue weighted by Gasteiger charge is -2.27. The standard InChI is InChI=1S/C21H20N6O3/c1-29-17-11-14(6-5-13(17)12-27-7-9-30-10-8-27)22-21(28)20-19-18-15(23-20)3-2-4-16(18)24-26-25-19/h2-6,11H,7-10,12H2,1H3,(H,22,28). The van der Waals surface area contributed by atoms with Gasteiger partial charge in [-0.2, -0.15) is 0 Å². The fourth-order valence-electron chi connectivity index (χ4n) is 3.75. The number of ether oxygens (including phenoxy) is 2. The molecular formula is C21H20N6O3. The van der Waals surface area contributed by atoms with Crippen molar-refractivity contribution in [3.63, 3.8) is 0 Å². The van der Waals surface area contributed by atoms with Gasteiger partial charge in [0.25, 0.3) is 5.91 Å². The first-order valence-electron chi connectivity index (χ1n) is 9.72. The van der Waals surface area contributed by atoms with E-state index in [0.717, 1.165) is 49.5 Å². The molecule has 1 amide bonds. The number of rotatable bonds is 5. The van der Waals surface area contributed by atoms with Gasteiger partial charge in [-0.25, -0.2) is 4.99 Å². The average molecular weight is 404 g/mol. The predicted molar refractivity (Wildman–Crippen MR) is 111 cm³/mol. The molecular weight excluding hydrogens is 384 g/mol. The van der Waals surface area contributed by atoms with Gasteiger partial charge in [0.05, 0.1) is 36.9 Å². The fourth-order valence-corrected chi connectivity index (χ4v) is 3.75. The van der Waals surface area contributed by atoms with Gasteiger partial charge in [-0.1, -0.05) is 12.1 Å². The van der Waals surface area contributed by atoms with E-state index in [1.165, 1.54) is 0 Å². The third kappa shape index (κ3) is 3.38. The molecule has 3 heterocycles. The van der Waals surface area contributed by atoms with Crippen molar-refractivity contribution < 1.29 is 14.3 Å². The number of nitrogens with one attached hydrogen (secondary N) is 1.